The fraction of sp³-hybridized carbons (Fsp3) is 0.333. The summed E-state index contributed by atoms with van der Waals surface area (Å²) in [5.41, 5.74) is -0.796. The molecule has 1 fully saturated rings. The average Bonchev–Trinajstić information content (AvgIpc) is 3.17. The second kappa shape index (κ2) is 4.68. The molecule has 0 bridgehead atoms. The highest BCUT2D eigenvalue weighted by Gasteiger charge is 2.56. The van der Waals surface area contributed by atoms with Crippen LogP contribution in [0.4, 0.5) is 5.69 Å². The molecule has 0 saturated heterocycles. The van der Waals surface area contributed by atoms with Gasteiger partial charge in [0, 0.05) is 18.7 Å². The zero-order chi connectivity index (χ0) is 14.0. The number of benzene rings is 1. The van der Waals surface area contributed by atoms with Gasteiger partial charge in [-0.15, -0.1) is 0 Å². The normalized spacial score (nSPS) is 15.6. The number of nitro groups is 1. The van der Waals surface area contributed by atoms with Gasteiger partial charge in [-0.25, -0.2) is 0 Å². The van der Waals surface area contributed by atoms with Crippen LogP contribution in [0.25, 0.3) is 0 Å². The first-order valence-electron chi connectivity index (χ1n) is 5.71. The number of rotatable bonds is 5. The number of aliphatic carboxylic acids is 1. The zero-order valence-corrected chi connectivity index (χ0v) is 9.96. The van der Waals surface area contributed by atoms with Gasteiger partial charge in [0.15, 0.2) is 0 Å². The third-order valence-electron chi connectivity index (χ3n) is 3.17. The fourth-order valence-electron chi connectivity index (χ4n) is 1.79. The summed E-state index contributed by atoms with van der Waals surface area (Å²) in [5, 5.41) is 22.0. The molecule has 0 heterocycles. The summed E-state index contributed by atoms with van der Waals surface area (Å²) in [6.45, 7) is 0.0789. The van der Waals surface area contributed by atoms with Gasteiger partial charge in [-0.05, 0) is 18.4 Å². The Balaban J connectivity index is 2.00. The molecule has 0 aliphatic heterocycles. The molecule has 1 aliphatic carbocycles. The van der Waals surface area contributed by atoms with Gasteiger partial charge in [0.05, 0.1) is 4.92 Å². The number of carboxylic acid groups (broad SMARTS) is 1. The van der Waals surface area contributed by atoms with E-state index in [1.165, 1.54) is 18.2 Å². The number of amides is 1. The highest BCUT2D eigenvalue weighted by molar-refractivity contribution is 6.04. The molecule has 2 N–H and O–H groups in total. The van der Waals surface area contributed by atoms with Gasteiger partial charge < -0.3 is 10.4 Å². The second-order valence-electron chi connectivity index (χ2n) is 4.50. The Kier molecular flexibility index (Phi) is 3.20. The molecule has 0 aromatic heterocycles. The quantitative estimate of drug-likeness (QED) is 0.469. The molecule has 1 aromatic rings. The van der Waals surface area contributed by atoms with E-state index in [2.05, 4.69) is 5.32 Å². The van der Waals surface area contributed by atoms with E-state index in [4.69, 9.17) is 5.11 Å². The van der Waals surface area contributed by atoms with Crippen LogP contribution in [0.1, 0.15) is 18.4 Å². The van der Waals surface area contributed by atoms with E-state index in [1.807, 2.05) is 0 Å². The highest BCUT2D eigenvalue weighted by Crippen LogP contribution is 2.46. The van der Waals surface area contributed by atoms with Crippen molar-refractivity contribution in [3.63, 3.8) is 0 Å². The van der Waals surface area contributed by atoms with Crippen molar-refractivity contribution in [1.82, 2.24) is 5.32 Å². The lowest BCUT2D eigenvalue weighted by Crippen LogP contribution is -2.36. The Bertz CT molecular complexity index is 551. The Hall–Kier alpha value is -2.44. The first kappa shape index (κ1) is 13.0. The number of nitrogens with zero attached hydrogens (tertiary/aromatic N) is 1. The van der Waals surface area contributed by atoms with Crippen molar-refractivity contribution < 1.29 is 19.6 Å². The van der Waals surface area contributed by atoms with Crippen LogP contribution in [-0.2, 0) is 16.1 Å². The lowest BCUT2D eigenvalue weighted by atomic mass is 10.1. The van der Waals surface area contributed by atoms with Crippen molar-refractivity contribution in [2.75, 3.05) is 0 Å². The second-order valence-corrected chi connectivity index (χ2v) is 4.50. The van der Waals surface area contributed by atoms with Crippen LogP contribution in [0.15, 0.2) is 24.3 Å². The van der Waals surface area contributed by atoms with E-state index in [-0.39, 0.29) is 12.2 Å². The molecule has 1 saturated carbocycles. The molecule has 19 heavy (non-hydrogen) atoms. The lowest BCUT2D eigenvalue weighted by Gasteiger charge is -2.10. The zero-order valence-electron chi connectivity index (χ0n) is 9.96. The van der Waals surface area contributed by atoms with E-state index >= 15 is 0 Å². The molecule has 0 spiro atoms. The SMILES string of the molecule is O=C(O)C1(C(=O)NCc2cccc([N+](=O)[O-])c2)CC1. The van der Waals surface area contributed by atoms with E-state index in [1.54, 1.807) is 6.07 Å². The molecule has 0 atom stereocenters. The van der Waals surface area contributed by atoms with E-state index < -0.39 is 22.2 Å². The maximum absolute atomic E-state index is 11.7. The third kappa shape index (κ3) is 2.54. The van der Waals surface area contributed by atoms with Gasteiger partial charge in [-0.3, -0.25) is 19.7 Å². The summed E-state index contributed by atoms with van der Waals surface area (Å²) in [6, 6.07) is 5.85. The topological polar surface area (TPSA) is 110 Å². The van der Waals surface area contributed by atoms with Crippen molar-refractivity contribution >= 4 is 17.6 Å². The number of carbonyl (C=O) groups is 2. The van der Waals surface area contributed by atoms with Crippen molar-refractivity contribution in [2.24, 2.45) is 5.41 Å². The summed E-state index contributed by atoms with van der Waals surface area (Å²) in [6.07, 6.45) is 0.673. The molecule has 7 heteroatoms. The maximum atomic E-state index is 11.7. The molecular weight excluding hydrogens is 252 g/mol. The Morgan fingerprint density at radius 2 is 2.11 bits per heavy atom. The lowest BCUT2D eigenvalue weighted by molar-refractivity contribution is -0.384. The van der Waals surface area contributed by atoms with Gasteiger partial charge in [0.1, 0.15) is 5.41 Å². The van der Waals surface area contributed by atoms with Crippen molar-refractivity contribution in [3.8, 4) is 0 Å². The monoisotopic (exact) mass is 264 g/mol. The molecule has 1 aromatic carbocycles. The number of carbonyl (C=O) groups excluding carboxylic acids is 1. The number of nitro benzene ring substituents is 1. The molecule has 1 amide bonds. The minimum atomic E-state index is -1.29. The van der Waals surface area contributed by atoms with Crippen LogP contribution in [0, 0.1) is 15.5 Å². The summed E-state index contributed by atoms with van der Waals surface area (Å²) < 4.78 is 0. The number of carboxylic acids is 1. The van der Waals surface area contributed by atoms with Gasteiger partial charge in [0.2, 0.25) is 5.91 Å². The van der Waals surface area contributed by atoms with Crippen molar-refractivity contribution in [3.05, 3.63) is 39.9 Å². The summed E-state index contributed by atoms with van der Waals surface area (Å²) in [7, 11) is 0. The predicted molar refractivity (Wildman–Crippen MR) is 64.2 cm³/mol. The van der Waals surface area contributed by atoms with Crippen LogP contribution >= 0.6 is 0 Å². The Morgan fingerprint density at radius 3 is 2.63 bits per heavy atom. The number of non-ortho nitro benzene ring substituents is 1. The van der Waals surface area contributed by atoms with Gasteiger partial charge in [-0.2, -0.15) is 0 Å². The maximum Gasteiger partial charge on any atom is 0.319 e. The van der Waals surface area contributed by atoms with Crippen LogP contribution in [-0.4, -0.2) is 21.9 Å². The minimum Gasteiger partial charge on any atom is -0.480 e. The molecular formula is C12H12N2O5. The standard InChI is InChI=1S/C12H12N2O5/c15-10(12(4-5-12)11(16)17)13-7-8-2-1-3-9(6-8)14(18)19/h1-3,6H,4-5,7H2,(H,13,15)(H,16,17). The van der Waals surface area contributed by atoms with Crippen LogP contribution in [0.5, 0.6) is 0 Å². The summed E-state index contributed by atoms with van der Waals surface area (Å²) in [4.78, 5) is 32.7. The third-order valence-corrected chi connectivity index (χ3v) is 3.17. The number of hydrogen-bond donors (Lipinski definition) is 2. The van der Waals surface area contributed by atoms with E-state index in [9.17, 15) is 19.7 Å². The molecule has 1 aliphatic rings. The minimum absolute atomic E-state index is 0.0638. The number of hydrogen-bond acceptors (Lipinski definition) is 4. The Labute approximate surface area is 108 Å². The summed E-state index contributed by atoms with van der Waals surface area (Å²) in [5.74, 6) is -1.66. The van der Waals surface area contributed by atoms with Gasteiger partial charge >= 0.3 is 5.97 Å². The smallest absolute Gasteiger partial charge is 0.319 e. The van der Waals surface area contributed by atoms with E-state index in [0.717, 1.165) is 0 Å². The van der Waals surface area contributed by atoms with Gasteiger partial charge in [0.25, 0.3) is 5.69 Å². The average molecular weight is 264 g/mol. The van der Waals surface area contributed by atoms with Crippen molar-refractivity contribution in [1.29, 1.82) is 0 Å². The fourth-order valence-corrected chi connectivity index (χ4v) is 1.79. The van der Waals surface area contributed by atoms with E-state index in [0.29, 0.717) is 18.4 Å². The highest BCUT2D eigenvalue weighted by atomic mass is 16.6. The molecule has 2 rings (SSSR count). The van der Waals surface area contributed by atoms with Crippen LogP contribution < -0.4 is 5.32 Å². The Morgan fingerprint density at radius 1 is 1.42 bits per heavy atom. The molecule has 7 nitrogen and oxygen atoms in total. The van der Waals surface area contributed by atoms with Gasteiger partial charge in [-0.1, -0.05) is 12.1 Å². The number of nitrogens with one attached hydrogen (secondary N) is 1. The summed E-state index contributed by atoms with van der Waals surface area (Å²) >= 11 is 0. The first-order valence-corrected chi connectivity index (χ1v) is 5.71. The van der Waals surface area contributed by atoms with Crippen LogP contribution in [0.2, 0.25) is 0 Å². The largest absolute Gasteiger partial charge is 0.480 e. The van der Waals surface area contributed by atoms with Crippen LogP contribution in [0.3, 0.4) is 0 Å². The predicted octanol–water partition coefficient (Wildman–Crippen LogP) is 1.08. The molecule has 100 valence electrons. The van der Waals surface area contributed by atoms with Crippen molar-refractivity contribution in [2.45, 2.75) is 19.4 Å². The molecule has 0 radical (unpaired) electrons. The first-order chi connectivity index (χ1) is 8.95. The molecule has 0 unspecified atom stereocenters.